The summed E-state index contributed by atoms with van der Waals surface area (Å²) in [6.45, 7) is 4.43. The largest absolute Gasteiger partial charge is 0.484 e. The minimum Gasteiger partial charge on any atom is -0.484 e. The summed E-state index contributed by atoms with van der Waals surface area (Å²) in [5.41, 5.74) is 4.19. The molecule has 3 aromatic rings. The van der Waals surface area contributed by atoms with Crippen molar-refractivity contribution in [2.75, 3.05) is 6.61 Å². The molecule has 0 fully saturated rings. The van der Waals surface area contributed by atoms with Gasteiger partial charge in [-0.2, -0.15) is 0 Å². The van der Waals surface area contributed by atoms with Crippen molar-refractivity contribution in [1.29, 1.82) is 0 Å². The lowest BCUT2D eigenvalue weighted by molar-refractivity contribution is -0.123. The first-order valence-electron chi connectivity index (χ1n) is 8.09. The van der Waals surface area contributed by atoms with Crippen LogP contribution in [-0.2, 0) is 11.3 Å². The van der Waals surface area contributed by atoms with Crippen molar-refractivity contribution in [1.82, 2.24) is 10.3 Å². The second-order valence-corrected chi connectivity index (χ2v) is 6.65. The van der Waals surface area contributed by atoms with Gasteiger partial charge in [0, 0.05) is 10.9 Å². The van der Waals surface area contributed by atoms with Crippen LogP contribution >= 0.6 is 11.3 Å². The van der Waals surface area contributed by atoms with E-state index in [0.29, 0.717) is 6.54 Å². The van der Waals surface area contributed by atoms with E-state index < -0.39 is 0 Å². The number of hydrogen-bond acceptors (Lipinski definition) is 4. The molecule has 0 saturated heterocycles. The smallest absolute Gasteiger partial charge is 0.258 e. The zero-order valence-electron chi connectivity index (χ0n) is 14.3. The van der Waals surface area contributed by atoms with Gasteiger partial charge in [-0.3, -0.25) is 4.79 Å². The summed E-state index contributed by atoms with van der Waals surface area (Å²) in [6, 6.07) is 15.8. The Morgan fingerprint density at radius 2 is 1.80 bits per heavy atom. The van der Waals surface area contributed by atoms with Crippen LogP contribution in [0.1, 0.15) is 16.8 Å². The molecule has 3 rings (SSSR count). The van der Waals surface area contributed by atoms with Crippen molar-refractivity contribution < 1.29 is 9.53 Å². The molecule has 1 amide bonds. The molecule has 1 N–H and O–H groups in total. The number of carbonyl (C=O) groups is 1. The van der Waals surface area contributed by atoms with Gasteiger partial charge in [-0.05, 0) is 31.0 Å². The van der Waals surface area contributed by atoms with Crippen LogP contribution in [0.2, 0.25) is 0 Å². The minimum atomic E-state index is -0.159. The number of thiazole rings is 1. The molecule has 0 spiro atoms. The molecule has 0 saturated carbocycles. The van der Waals surface area contributed by atoms with Crippen LogP contribution < -0.4 is 10.1 Å². The molecule has 0 radical (unpaired) electrons. The van der Waals surface area contributed by atoms with Gasteiger partial charge in [-0.25, -0.2) is 4.98 Å². The van der Waals surface area contributed by atoms with Gasteiger partial charge in [0.25, 0.3) is 5.91 Å². The zero-order valence-corrected chi connectivity index (χ0v) is 15.1. The van der Waals surface area contributed by atoms with Gasteiger partial charge in [-0.15, -0.1) is 11.3 Å². The molecule has 1 heterocycles. The van der Waals surface area contributed by atoms with Crippen LogP contribution in [0.4, 0.5) is 0 Å². The average Bonchev–Trinajstić information content (AvgIpc) is 3.08. The van der Waals surface area contributed by atoms with Crippen molar-refractivity contribution in [3.05, 3.63) is 70.7 Å². The monoisotopic (exact) mass is 352 g/mol. The Morgan fingerprint density at radius 1 is 1.08 bits per heavy atom. The number of hydrogen-bond donors (Lipinski definition) is 1. The summed E-state index contributed by atoms with van der Waals surface area (Å²) in [6.07, 6.45) is 0. The standard InChI is InChI=1S/C20H20N2O2S/c1-14-7-3-5-9-17(14)20-22-16(13-25-20)11-21-19(23)12-24-18-10-6-4-8-15(18)2/h3-10,13H,11-12H2,1-2H3,(H,21,23). The molecule has 0 bridgehead atoms. The maximum Gasteiger partial charge on any atom is 0.258 e. The fourth-order valence-electron chi connectivity index (χ4n) is 2.43. The van der Waals surface area contributed by atoms with Gasteiger partial charge in [0.05, 0.1) is 12.2 Å². The number of rotatable bonds is 6. The normalized spacial score (nSPS) is 10.5. The lowest BCUT2D eigenvalue weighted by atomic mass is 10.1. The first-order valence-corrected chi connectivity index (χ1v) is 8.97. The van der Waals surface area contributed by atoms with E-state index in [9.17, 15) is 4.79 Å². The fraction of sp³-hybridized carbons (Fsp3) is 0.200. The Bertz CT molecular complexity index is 873. The lowest BCUT2D eigenvalue weighted by Gasteiger charge is -2.08. The van der Waals surface area contributed by atoms with Crippen molar-refractivity contribution >= 4 is 17.2 Å². The van der Waals surface area contributed by atoms with Crippen molar-refractivity contribution in [3.63, 3.8) is 0 Å². The van der Waals surface area contributed by atoms with E-state index in [1.807, 2.05) is 48.7 Å². The number of amides is 1. The number of para-hydroxylation sites is 1. The third-order valence-electron chi connectivity index (χ3n) is 3.85. The molecule has 0 aliphatic rings. The third kappa shape index (κ3) is 4.45. The SMILES string of the molecule is Cc1ccccc1OCC(=O)NCc1csc(-c2ccccc2C)n1. The molecule has 2 aromatic carbocycles. The third-order valence-corrected chi connectivity index (χ3v) is 4.77. The summed E-state index contributed by atoms with van der Waals surface area (Å²) >= 11 is 1.59. The molecule has 0 aliphatic carbocycles. The molecule has 25 heavy (non-hydrogen) atoms. The molecule has 1 aromatic heterocycles. The highest BCUT2D eigenvalue weighted by atomic mass is 32.1. The number of nitrogens with zero attached hydrogens (tertiary/aromatic N) is 1. The molecular formula is C20H20N2O2S. The Labute approximate surface area is 151 Å². The van der Waals surface area contributed by atoms with Gasteiger partial charge in [0.2, 0.25) is 0 Å². The van der Waals surface area contributed by atoms with Crippen LogP contribution in [0.15, 0.2) is 53.9 Å². The molecule has 5 heteroatoms. The van der Waals surface area contributed by atoms with Crippen LogP contribution in [-0.4, -0.2) is 17.5 Å². The van der Waals surface area contributed by atoms with E-state index >= 15 is 0 Å². The second kappa shape index (κ2) is 7.94. The molecular weight excluding hydrogens is 332 g/mol. The highest BCUT2D eigenvalue weighted by Crippen LogP contribution is 2.26. The van der Waals surface area contributed by atoms with Gasteiger partial charge in [-0.1, -0.05) is 42.5 Å². The van der Waals surface area contributed by atoms with Gasteiger partial charge in [0.15, 0.2) is 6.61 Å². The number of ether oxygens (including phenoxy) is 1. The van der Waals surface area contributed by atoms with Gasteiger partial charge < -0.3 is 10.1 Å². The Balaban J connectivity index is 1.53. The van der Waals surface area contributed by atoms with Crippen LogP contribution in [0.3, 0.4) is 0 Å². The quantitative estimate of drug-likeness (QED) is 0.726. The van der Waals surface area contributed by atoms with Crippen LogP contribution in [0.25, 0.3) is 10.6 Å². The van der Waals surface area contributed by atoms with Gasteiger partial charge in [0.1, 0.15) is 10.8 Å². The van der Waals surface area contributed by atoms with E-state index in [2.05, 4.69) is 29.4 Å². The highest BCUT2D eigenvalue weighted by molar-refractivity contribution is 7.13. The van der Waals surface area contributed by atoms with E-state index in [1.165, 1.54) is 5.56 Å². The number of aryl methyl sites for hydroxylation is 2. The minimum absolute atomic E-state index is 0.000356. The highest BCUT2D eigenvalue weighted by Gasteiger charge is 2.09. The van der Waals surface area contributed by atoms with E-state index in [4.69, 9.17) is 4.74 Å². The van der Waals surface area contributed by atoms with Crippen LogP contribution in [0, 0.1) is 13.8 Å². The van der Waals surface area contributed by atoms with E-state index in [-0.39, 0.29) is 12.5 Å². The maximum atomic E-state index is 12.0. The summed E-state index contributed by atoms with van der Waals surface area (Å²) in [7, 11) is 0. The zero-order chi connectivity index (χ0) is 17.6. The van der Waals surface area contributed by atoms with Gasteiger partial charge >= 0.3 is 0 Å². The predicted octanol–water partition coefficient (Wildman–Crippen LogP) is 4.12. The average molecular weight is 352 g/mol. The van der Waals surface area contributed by atoms with E-state index in [0.717, 1.165) is 27.6 Å². The summed E-state index contributed by atoms with van der Waals surface area (Å²) in [5.74, 6) is 0.571. The number of nitrogens with one attached hydrogen (secondary N) is 1. The number of aromatic nitrogens is 1. The Kier molecular flexibility index (Phi) is 5.46. The Hall–Kier alpha value is -2.66. The topological polar surface area (TPSA) is 51.2 Å². The Morgan fingerprint density at radius 3 is 2.56 bits per heavy atom. The first-order chi connectivity index (χ1) is 12.1. The maximum absolute atomic E-state index is 12.0. The summed E-state index contributed by atoms with van der Waals surface area (Å²) < 4.78 is 5.55. The second-order valence-electron chi connectivity index (χ2n) is 5.79. The predicted molar refractivity (Wildman–Crippen MR) is 101 cm³/mol. The number of carbonyl (C=O) groups excluding carboxylic acids is 1. The van der Waals surface area contributed by atoms with Crippen molar-refractivity contribution in [2.45, 2.75) is 20.4 Å². The number of benzene rings is 2. The van der Waals surface area contributed by atoms with Crippen molar-refractivity contribution in [2.24, 2.45) is 0 Å². The first kappa shape index (κ1) is 17.2. The van der Waals surface area contributed by atoms with Crippen LogP contribution in [0.5, 0.6) is 5.75 Å². The fourth-order valence-corrected chi connectivity index (χ4v) is 3.34. The molecule has 128 valence electrons. The summed E-state index contributed by atoms with van der Waals surface area (Å²) in [4.78, 5) is 16.6. The van der Waals surface area contributed by atoms with Crippen molar-refractivity contribution in [3.8, 4) is 16.3 Å². The molecule has 0 aliphatic heterocycles. The van der Waals surface area contributed by atoms with E-state index in [1.54, 1.807) is 11.3 Å². The molecule has 0 atom stereocenters. The molecule has 0 unspecified atom stereocenters. The molecule has 4 nitrogen and oxygen atoms in total. The summed E-state index contributed by atoms with van der Waals surface area (Å²) in [5, 5.41) is 5.80. The lowest BCUT2D eigenvalue weighted by Crippen LogP contribution is -2.28.